The van der Waals surface area contributed by atoms with E-state index in [-0.39, 0.29) is 11.6 Å². The van der Waals surface area contributed by atoms with E-state index in [0.717, 1.165) is 15.8 Å². The van der Waals surface area contributed by atoms with E-state index < -0.39 is 5.97 Å². The van der Waals surface area contributed by atoms with Crippen LogP contribution in [0.15, 0.2) is 16.6 Å². The van der Waals surface area contributed by atoms with Crippen LogP contribution >= 0.6 is 15.9 Å². The van der Waals surface area contributed by atoms with Gasteiger partial charge in [0.05, 0.1) is 11.1 Å². The quantitative estimate of drug-likeness (QED) is 0.924. The van der Waals surface area contributed by atoms with E-state index in [1.54, 1.807) is 6.07 Å². The van der Waals surface area contributed by atoms with Crippen LogP contribution in [0.5, 0.6) is 0 Å². The zero-order valence-corrected chi connectivity index (χ0v) is 11.4. The van der Waals surface area contributed by atoms with Gasteiger partial charge < -0.3 is 9.67 Å². The lowest BCUT2D eigenvalue weighted by Crippen LogP contribution is -2.03. The minimum absolute atomic E-state index is 0.233. The number of nitrogens with zero attached hydrogens (tertiary/aromatic N) is 2. The van der Waals surface area contributed by atoms with Crippen molar-refractivity contribution in [2.24, 2.45) is 0 Å². The molecule has 0 spiro atoms. The van der Waals surface area contributed by atoms with Crippen LogP contribution in [-0.4, -0.2) is 20.6 Å². The second kappa shape index (κ2) is 4.14. The Balaban J connectivity index is 2.89. The van der Waals surface area contributed by atoms with E-state index in [0.29, 0.717) is 5.52 Å². The lowest BCUT2D eigenvalue weighted by molar-refractivity contribution is 0.0699. The van der Waals surface area contributed by atoms with Crippen LogP contribution in [0.1, 0.15) is 36.1 Å². The van der Waals surface area contributed by atoms with E-state index in [1.807, 2.05) is 17.6 Å². The Morgan fingerprint density at radius 1 is 1.47 bits per heavy atom. The maximum Gasteiger partial charge on any atom is 0.338 e. The molecule has 0 radical (unpaired) electrons. The van der Waals surface area contributed by atoms with Crippen molar-refractivity contribution in [3.63, 3.8) is 0 Å². The largest absolute Gasteiger partial charge is 0.478 e. The molecule has 0 aliphatic carbocycles. The van der Waals surface area contributed by atoms with E-state index in [1.165, 1.54) is 0 Å². The van der Waals surface area contributed by atoms with Gasteiger partial charge in [-0.15, -0.1) is 0 Å². The molecule has 17 heavy (non-hydrogen) atoms. The number of aryl methyl sites for hydroxylation is 1. The normalized spacial score (nSPS) is 11.4. The average Bonchev–Trinajstić information content (AvgIpc) is 2.52. The Hall–Kier alpha value is -1.36. The number of fused-ring (bicyclic) bond motifs is 1. The number of carboxylic acid groups (broad SMARTS) is 1. The fraction of sp³-hybridized carbons (Fsp3) is 0.333. The Morgan fingerprint density at radius 3 is 2.65 bits per heavy atom. The van der Waals surface area contributed by atoms with Crippen molar-refractivity contribution in [2.75, 3.05) is 0 Å². The highest BCUT2D eigenvalue weighted by atomic mass is 79.9. The molecule has 1 N–H and O–H groups in total. The number of carbonyl (C=O) groups is 1. The topological polar surface area (TPSA) is 55.1 Å². The number of aromatic nitrogens is 2. The minimum atomic E-state index is -0.954. The highest BCUT2D eigenvalue weighted by molar-refractivity contribution is 9.10. The van der Waals surface area contributed by atoms with E-state index in [2.05, 4.69) is 34.8 Å². The van der Waals surface area contributed by atoms with Crippen LogP contribution in [0.3, 0.4) is 0 Å². The molecule has 0 saturated carbocycles. The summed E-state index contributed by atoms with van der Waals surface area (Å²) in [7, 11) is 0. The molecular weight excluding hydrogens is 284 g/mol. The van der Waals surface area contributed by atoms with Gasteiger partial charge in [-0.1, -0.05) is 15.9 Å². The zero-order valence-electron chi connectivity index (χ0n) is 9.86. The maximum absolute atomic E-state index is 11.2. The predicted octanol–water partition coefficient (Wildman–Crippen LogP) is 3.39. The number of hydrogen-bond acceptors (Lipinski definition) is 2. The molecular formula is C12H13BrN2O2. The van der Waals surface area contributed by atoms with Gasteiger partial charge in [-0.25, -0.2) is 9.78 Å². The van der Waals surface area contributed by atoms with Gasteiger partial charge in [-0.05, 0) is 32.9 Å². The molecule has 5 heteroatoms. The van der Waals surface area contributed by atoms with Crippen molar-refractivity contribution in [1.29, 1.82) is 0 Å². The van der Waals surface area contributed by atoms with Crippen molar-refractivity contribution in [3.8, 4) is 0 Å². The predicted molar refractivity (Wildman–Crippen MR) is 69.5 cm³/mol. The molecule has 0 bridgehead atoms. The summed E-state index contributed by atoms with van der Waals surface area (Å²) in [6, 6.07) is 3.74. The first-order valence-corrected chi connectivity index (χ1v) is 6.12. The van der Waals surface area contributed by atoms with Crippen molar-refractivity contribution in [2.45, 2.75) is 26.8 Å². The molecule has 0 aliphatic heterocycles. The number of rotatable bonds is 2. The second-order valence-electron chi connectivity index (χ2n) is 4.25. The summed E-state index contributed by atoms with van der Waals surface area (Å²) in [5.74, 6) is -0.125. The number of halogens is 1. The number of benzene rings is 1. The third-order valence-electron chi connectivity index (χ3n) is 2.68. The first-order chi connectivity index (χ1) is 7.91. The summed E-state index contributed by atoms with van der Waals surface area (Å²) >= 11 is 3.34. The summed E-state index contributed by atoms with van der Waals surface area (Å²) in [5.41, 5.74) is 1.63. The lowest BCUT2D eigenvalue weighted by atomic mass is 10.2. The highest BCUT2D eigenvalue weighted by Gasteiger charge is 2.17. The molecule has 2 rings (SSSR count). The van der Waals surface area contributed by atoms with Gasteiger partial charge >= 0.3 is 5.97 Å². The Bertz CT molecular complexity index is 602. The van der Waals surface area contributed by atoms with Gasteiger partial charge in [0, 0.05) is 10.5 Å². The molecule has 1 heterocycles. The Labute approximate surface area is 107 Å². The SMILES string of the molecule is Cc1nc2c(C(=O)O)cc(Br)cc2n1C(C)C. The summed E-state index contributed by atoms with van der Waals surface area (Å²) in [6.07, 6.45) is 0. The van der Waals surface area contributed by atoms with Crippen LogP contribution in [0.2, 0.25) is 0 Å². The van der Waals surface area contributed by atoms with Gasteiger partial charge in [0.25, 0.3) is 0 Å². The van der Waals surface area contributed by atoms with E-state index >= 15 is 0 Å². The smallest absolute Gasteiger partial charge is 0.338 e. The standard InChI is InChI=1S/C12H13BrN2O2/c1-6(2)15-7(3)14-11-9(12(16)17)4-8(13)5-10(11)15/h4-6H,1-3H3,(H,16,17). The zero-order chi connectivity index (χ0) is 12.7. The monoisotopic (exact) mass is 296 g/mol. The van der Waals surface area contributed by atoms with Crippen LogP contribution in [0.25, 0.3) is 11.0 Å². The molecule has 0 atom stereocenters. The molecule has 0 aliphatic rings. The van der Waals surface area contributed by atoms with E-state index in [9.17, 15) is 9.90 Å². The summed E-state index contributed by atoms with van der Waals surface area (Å²) in [4.78, 5) is 15.5. The first kappa shape index (κ1) is 12.1. The molecule has 90 valence electrons. The second-order valence-corrected chi connectivity index (χ2v) is 5.16. The van der Waals surface area contributed by atoms with Crippen LogP contribution in [0, 0.1) is 6.92 Å². The molecule has 4 nitrogen and oxygen atoms in total. The number of aromatic carboxylic acids is 1. The highest BCUT2D eigenvalue weighted by Crippen LogP contribution is 2.27. The van der Waals surface area contributed by atoms with Crippen molar-refractivity contribution in [3.05, 3.63) is 28.0 Å². The number of hydrogen-bond donors (Lipinski definition) is 1. The third kappa shape index (κ3) is 1.95. The van der Waals surface area contributed by atoms with Crippen molar-refractivity contribution < 1.29 is 9.90 Å². The maximum atomic E-state index is 11.2. The molecule has 0 saturated heterocycles. The number of carboxylic acids is 1. The molecule has 0 fully saturated rings. The Kier molecular flexibility index (Phi) is 2.95. The summed E-state index contributed by atoms with van der Waals surface area (Å²) in [5, 5.41) is 9.18. The van der Waals surface area contributed by atoms with Gasteiger partial charge in [0.15, 0.2) is 0 Å². The van der Waals surface area contributed by atoms with Gasteiger partial charge in [-0.2, -0.15) is 0 Å². The fourth-order valence-corrected chi connectivity index (χ4v) is 2.54. The number of imidazole rings is 1. The van der Waals surface area contributed by atoms with Crippen molar-refractivity contribution >= 4 is 32.9 Å². The van der Waals surface area contributed by atoms with Crippen LogP contribution in [0.4, 0.5) is 0 Å². The molecule has 1 aromatic carbocycles. The van der Waals surface area contributed by atoms with Gasteiger partial charge in [0.1, 0.15) is 11.3 Å². The van der Waals surface area contributed by atoms with Gasteiger partial charge in [0.2, 0.25) is 0 Å². The molecule has 1 aromatic heterocycles. The Morgan fingerprint density at radius 2 is 2.12 bits per heavy atom. The summed E-state index contributed by atoms with van der Waals surface area (Å²) < 4.78 is 2.79. The summed E-state index contributed by atoms with van der Waals surface area (Å²) in [6.45, 7) is 5.99. The fourth-order valence-electron chi connectivity index (χ4n) is 2.09. The molecule has 2 aromatic rings. The van der Waals surface area contributed by atoms with Crippen LogP contribution in [-0.2, 0) is 0 Å². The molecule has 0 unspecified atom stereocenters. The van der Waals surface area contributed by atoms with Crippen LogP contribution < -0.4 is 0 Å². The average molecular weight is 297 g/mol. The lowest BCUT2D eigenvalue weighted by Gasteiger charge is -2.11. The first-order valence-electron chi connectivity index (χ1n) is 5.33. The minimum Gasteiger partial charge on any atom is -0.478 e. The van der Waals surface area contributed by atoms with E-state index in [4.69, 9.17) is 0 Å². The van der Waals surface area contributed by atoms with Crippen molar-refractivity contribution in [1.82, 2.24) is 9.55 Å². The molecule has 0 amide bonds. The van der Waals surface area contributed by atoms with Gasteiger partial charge in [-0.3, -0.25) is 0 Å². The third-order valence-corrected chi connectivity index (χ3v) is 3.14.